The molecule has 0 bridgehead atoms. The van der Waals surface area contributed by atoms with Crippen molar-refractivity contribution < 1.29 is 14.4 Å². The van der Waals surface area contributed by atoms with Crippen LogP contribution in [0.15, 0.2) is 11.6 Å². The number of thiazole rings is 1. The first kappa shape index (κ1) is 13.7. The minimum atomic E-state index is -0.0949. The molecular weight excluding hydrogens is 216 g/mol. The second kappa shape index (κ2) is 7.08. The maximum absolute atomic E-state index is 10.5. The highest BCUT2D eigenvalue weighted by Gasteiger charge is 1.97. The number of carbonyl (C=O) groups is 2. The summed E-state index contributed by atoms with van der Waals surface area (Å²) in [5, 5.41) is 3.53. The van der Waals surface area contributed by atoms with Crippen LogP contribution in [0.3, 0.4) is 0 Å². The van der Waals surface area contributed by atoms with Crippen LogP contribution >= 0.6 is 11.3 Å². The molecule has 0 aliphatic heterocycles. The normalized spacial score (nSPS) is 8.80. The van der Waals surface area contributed by atoms with E-state index in [1.807, 2.05) is 0 Å². The van der Waals surface area contributed by atoms with Crippen molar-refractivity contribution in [3.8, 4) is 0 Å². The number of ketones is 1. The van der Waals surface area contributed by atoms with Crippen molar-refractivity contribution in [1.82, 2.24) is 10.0 Å². The third kappa shape index (κ3) is 5.92. The minimum Gasteiger partial charge on any atom is -0.292 e. The molecule has 0 unspecified atom stereocenters. The number of hydrogen-bond donors (Lipinski definition) is 0. The smallest absolute Gasteiger partial charge is 0.242 e. The van der Waals surface area contributed by atoms with Gasteiger partial charge in [-0.15, -0.1) is 11.3 Å². The van der Waals surface area contributed by atoms with Gasteiger partial charge in [0.15, 0.2) is 10.8 Å². The Kier molecular flexibility index (Phi) is 6.48. The summed E-state index contributed by atoms with van der Waals surface area (Å²) in [4.78, 5) is 28.9. The van der Waals surface area contributed by atoms with Gasteiger partial charge in [-0.25, -0.2) is 10.0 Å². The lowest BCUT2D eigenvalue weighted by Crippen LogP contribution is -2.21. The zero-order chi connectivity index (χ0) is 11.8. The van der Waals surface area contributed by atoms with E-state index in [4.69, 9.17) is 0 Å². The van der Waals surface area contributed by atoms with Gasteiger partial charge in [0.05, 0.1) is 7.11 Å². The fraction of sp³-hybridized carbons (Fsp3) is 0.444. The fourth-order valence-electron chi connectivity index (χ4n) is 0.526. The molecule has 0 aromatic carbocycles. The largest absolute Gasteiger partial charge is 0.292 e. The lowest BCUT2D eigenvalue weighted by Gasteiger charge is -2.08. The number of Topliss-reactive ketones (excluding diaryl/α,β-unsaturated/α-hetero) is 1. The van der Waals surface area contributed by atoms with Crippen LogP contribution in [0.4, 0.5) is 0 Å². The van der Waals surface area contributed by atoms with Crippen LogP contribution in [-0.4, -0.2) is 35.9 Å². The highest BCUT2D eigenvalue weighted by Crippen LogP contribution is 2.02. The van der Waals surface area contributed by atoms with Crippen molar-refractivity contribution in [3.05, 3.63) is 16.6 Å². The molecule has 0 aliphatic carbocycles. The number of hydroxylamine groups is 2. The molecule has 0 saturated heterocycles. The van der Waals surface area contributed by atoms with Gasteiger partial charge in [0.1, 0.15) is 0 Å². The Morgan fingerprint density at radius 3 is 2.20 bits per heavy atom. The average Bonchev–Trinajstić information content (AvgIpc) is 2.70. The highest BCUT2D eigenvalue weighted by molar-refractivity contribution is 7.11. The van der Waals surface area contributed by atoms with E-state index in [0.717, 1.165) is 5.06 Å². The Labute approximate surface area is 92.6 Å². The van der Waals surface area contributed by atoms with E-state index >= 15 is 0 Å². The molecule has 5 nitrogen and oxygen atoms in total. The van der Waals surface area contributed by atoms with E-state index < -0.39 is 0 Å². The molecule has 0 radical (unpaired) electrons. The second-order valence-electron chi connectivity index (χ2n) is 2.59. The number of aromatic nitrogens is 1. The number of carbonyl (C=O) groups excluding carboxylic acids is 2. The van der Waals surface area contributed by atoms with Crippen LogP contribution in [0.25, 0.3) is 0 Å². The monoisotopic (exact) mass is 230 g/mol. The first-order valence-corrected chi connectivity index (χ1v) is 5.05. The maximum Gasteiger partial charge on any atom is 0.242 e. The predicted octanol–water partition coefficient (Wildman–Crippen LogP) is 1.37. The summed E-state index contributed by atoms with van der Waals surface area (Å²) in [5.74, 6) is -0.0532. The minimum absolute atomic E-state index is 0.0417. The second-order valence-corrected chi connectivity index (χ2v) is 3.49. The van der Waals surface area contributed by atoms with Gasteiger partial charge in [0.25, 0.3) is 0 Å². The molecule has 1 amide bonds. The van der Waals surface area contributed by atoms with Gasteiger partial charge >= 0.3 is 0 Å². The Morgan fingerprint density at radius 1 is 1.47 bits per heavy atom. The average molecular weight is 230 g/mol. The number of rotatable bonds is 2. The van der Waals surface area contributed by atoms with Gasteiger partial charge in [-0.3, -0.25) is 14.4 Å². The Balaban J connectivity index is 0.000000265. The molecule has 1 aromatic rings. The molecule has 0 spiro atoms. The molecule has 6 heteroatoms. The molecule has 0 N–H and O–H groups in total. The zero-order valence-corrected chi connectivity index (χ0v) is 10.00. The molecule has 0 saturated carbocycles. The van der Waals surface area contributed by atoms with Gasteiger partial charge in [-0.1, -0.05) is 0 Å². The van der Waals surface area contributed by atoms with Crippen LogP contribution < -0.4 is 0 Å². The molecule has 1 heterocycles. The first-order chi connectivity index (χ1) is 6.99. The third-order valence-corrected chi connectivity index (χ3v) is 2.32. The molecule has 84 valence electrons. The SMILES string of the molecule is CC(=O)c1nccs1.CON(C)C(C)=O. The molecule has 1 rings (SSSR count). The van der Waals surface area contributed by atoms with E-state index in [2.05, 4.69) is 9.82 Å². The van der Waals surface area contributed by atoms with E-state index in [1.54, 1.807) is 18.6 Å². The summed E-state index contributed by atoms with van der Waals surface area (Å²) in [6.45, 7) is 2.95. The van der Waals surface area contributed by atoms with Crippen LogP contribution in [0, 0.1) is 0 Å². The Hall–Kier alpha value is -1.27. The van der Waals surface area contributed by atoms with E-state index in [9.17, 15) is 9.59 Å². The number of nitrogens with zero attached hydrogens (tertiary/aromatic N) is 2. The van der Waals surface area contributed by atoms with Gasteiger partial charge < -0.3 is 0 Å². The van der Waals surface area contributed by atoms with Crippen molar-refractivity contribution in [1.29, 1.82) is 0 Å². The Bertz CT molecular complexity index is 311. The Morgan fingerprint density at radius 2 is 2.07 bits per heavy atom. The van der Waals surface area contributed by atoms with E-state index in [0.29, 0.717) is 5.01 Å². The molecule has 1 aromatic heterocycles. The summed E-state index contributed by atoms with van der Waals surface area (Å²) >= 11 is 1.37. The lowest BCUT2D eigenvalue weighted by atomic mass is 10.5. The topological polar surface area (TPSA) is 59.5 Å². The molecule has 0 aliphatic rings. The fourth-order valence-corrected chi connectivity index (χ4v) is 1.06. The third-order valence-electron chi connectivity index (χ3n) is 1.45. The van der Waals surface area contributed by atoms with Crippen LogP contribution in [-0.2, 0) is 9.63 Å². The molecule has 0 atom stereocenters. The van der Waals surface area contributed by atoms with Gasteiger partial charge in [-0.05, 0) is 0 Å². The van der Waals surface area contributed by atoms with E-state index in [-0.39, 0.29) is 11.7 Å². The molecule has 15 heavy (non-hydrogen) atoms. The summed E-state index contributed by atoms with van der Waals surface area (Å²) in [7, 11) is 3.00. The quantitative estimate of drug-likeness (QED) is 0.568. The summed E-state index contributed by atoms with van der Waals surface area (Å²) in [6.07, 6.45) is 1.63. The maximum atomic E-state index is 10.5. The summed E-state index contributed by atoms with van der Waals surface area (Å²) in [6, 6.07) is 0. The first-order valence-electron chi connectivity index (χ1n) is 4.17. The zero-order valence-electron chi connectivity index (χ0n) is 9.18. The van der Waals surface area contributed by atoms with Crippen molar-refractivity contribution in [2.24, 2.45) is 0 Å². The van der Waals surface area contributed by atoms with E-state index in [1.165, 1.54) is 32.3 Å². The van der Waals surface area contributed by atoms with Crippen LogP contribution in [0.2, 0.25) is 0 Å². The standard InChI is InChI=1S/C5H5NOS.C4H9NO2/c1-4(7)5-6-2-3-8-5;1-4(6)5(2)7-3/h2-3H,1H3;1-3H3. The van der Waals surface area contributed by atoms with Gasteiger partial charge in [-0.2, -0.15) is 0 Å². The molecular formula is C9H14N2O3S. The summed E-state index contributed by atoms with van der Waals surface area (Å²) < 4.78 is 0. The van der Waals surface area contributed by atoms with Crippen molar-refractivity contribution in [2.45, 2.75) is 13.8 Å². The van der Waals surface area contributed by atoms with Crippen molar-refractivity contribution >= 4 is 23.0 Å². The lowest BCUT2D eigenvalue weighted by molar-refractivity contribution is -0.165. The van der Waals surface area contributed by atoms with Gasteiger partial charge in [0.2, 0.25) is 5.91 Å². The van der Waals surface area contributed by atoms with Crippen molar-refractivity contribution in [2.75, 3.05) is 14.2 Å². The predicted molar refractivity (Wildman–Crippen MR) is 57.6 cm³/mol. The van der Waals surface area contributed by atoms with Crippen LogP contribution in [0.1, 0.15) is 23.6 Å². The van der Waals surface area contributed by atoms with Crippen molar-refractivity contribution in [3.63, 3.8) is 0 Å². The van der Waals surface area contributed by atoms with Gasteiger partial charge in [0, 0.05) is 32.5 Å². The highest BCUT2D eigenvalue weighted by atomic mass is 32.1. The van der Waals surface area contributed by atoms with Crippen LogP contribution in [0.5, 0.6) is 0 Å². The number of amides is 1. The summed E-state index contributed by atoms with van der Waals surface area (Å²) in [5.41, 5.74) is 0. The molecule has 0 fully saturated rings. The number of hydrogen-bond acceptors (Lipinski definition) is 5.